The zero-order chi connectivity index (χ0) is 12.7. The Hall–Kier alpha value is -1.13. The van der Waals surface area contributed by atoms with Gasteiger partial charge in [0.1, 0.15) is 0 Å². The van der Waals surface area contributed by atoms with Crippen molar-refractivity contribution in [2.75, 3.05) is 24.5 Å². The molecule has 0 amide bonds. The molecular formula is C15H19N3S. The topological polar surface area (TPSA) is 28.2 Å². The minimum Gasteiger partial charge on any atom is -0.368 e. The van der Waals surface area contributed by atoms with Gasteiger partial charge in [0.25, 0.3) is 0 Å². The first-order chi connectivity index (χ1) is 9.35. The Kier molecular flexibility index (Phi) is 2.74. The molecule has 1 aromatic heterocycles. The van der Waals surface area contributed by atoms with E-state index in [9.17, 15) is 0 Å². The Morgan fingerprint density at radius 1 is 1.26 bits per heavy atom. The summed E-state index contributed by atoms with van der Waals surface area (Å²) in [5.41, 5.74) is 4.81. The summed E-state index contributed by atoms with van der Waals surface area (Å²) in [6, 6.07) is 6.70. The van der Waals surface area contributed by atoms with Crippen LogP contribution in [-0.2, 0) is 0 Å². The molecule has 0 bridgehead atoms. The Balaban J connectivity index is 1.63. The number of nitrogens with zero attached hydrogens (tertiary/aromatic N) is 2. The number of hydrogen-bond donors (Lipinski definition) is 1. The molecule has 1 saturated carbocycles. The van der Waals surface area contributed by atoms with Crippen molar-refractivity contribution in [1.29, 1.82) is 0 Å². The Morgan fingerprint density at radius 2 is 2.16 bits per heavy atom. The molecule has 1 aromatic carbocycles. The Labute approximate surface area is 117 Å². The van der Waals surface area contributed by atoms with Crippen LogP contribution in [0.4, 0.5) is 5.69 Å². The van der Waals surface area contributed by atoms with Crippen LogP contribution in [0.2, 0.25) is 0 Å². The van der Waals surface area contributed by atoms with Crippen molar-refractivity contribution < 1.29 is 0 Å². The first kappa shape index (κ1) is 11.7. The molecule has 1 N–H and O–H groups in total. The maximum atomic E-state index is 4.36. The van der Waals surface area contributed by atoms with Gasteiger partial charge in [0.2, 0.25) is 0 Å². The van der Waals surface area contributed by atoms with Crippen LogP contribution >= 0.6 is 11.3 Å². The molecule has 0 atom stereocenters. The van der Waals surface area contributed by atoms with Crippen LogP contribution in [0.1, 0.15) is 25.7 Å². The predicted octanol–water partition coefficient (Wildman–Crippen LogP) is 3.02. The van der Waals surface area contributed by atoms with Gasteiger partial charge in [0.05, 0.1) is 15.7 Å². The van der Waals surface area contributed by atoms with E-state index in [4.69, 9.17) is 0 Å². The molecule has 2 aliphatic rings. The van der Waals surface area contributed by atoms with Gasteiger partial charge in [-0.1, -0.05) is 12.8 Å². The highest BCUT2D eigenvalue weighted by atomic mass is 32.1. The van der Waals surface area contributed by atoms with Gasteiger partial charge < -0.3 is 10.2 Å². The van der Waals surface area contributed by atoms with Gasteiger partial charge in [0, 0.05) is 30.9 Å². The van der Waals surface area contributed by atoms with Gasteiger partial charge in [0.15, 0.2) is 0 Å². The standard InChI is InChI=1S/C15H19N3S/c1-2-6-15(5-1)10-18(8-7-17-15)12-3-4-13-14(9-12)19-11-16-13/h3-4,9,11,17H,1-2,5-8,10H2. The van der Waals surface area contributed by atoms with Crippen molar-refractivity contribution in [2.24, 2.45) is 0 Å². The van der Waals surface area contributed by atoms with Crippen molar-refractivity contribution in [2.45, 2.75) is 31.2 Å². The van der Waals surface area contributed by atoms with Crippen LogP contribution in [0.3, 0.4) is 0 Å². The van der Waals surface area contributed by atoms with E-state index in [1.807, 2.05) is 5.51 Å². The molecule has 4 rings (SSSR count). The summed E-state index contributed by atoms with van der Waals surface area (Å²) < 4.78 is 1.30. The largest absolute Gasteiger partial charge is 0.368 e. The second-order valence-electron chi connectivity index (χ2n) is 5.84. The van der Waals surface area contributed by atoms with E-state index in [1.54, 1.807) is 11.3 Å². The van der Waals surface area contributed by atoms with E-state index < -0.39 is 0 Å². The van der Waals surface area contributed by atoms with E-state index in [1.165, 1.54) is 36.1 Å². The molecule has 0 unspecified atom stereocenters. The van der Waals surface area contributed by atoms with Crippen LogP contribution in [0, 0.1) is 0 Å². The molecule has 2 aromatic rings. The fourth-order valence-corrected chi connectivity index (χ4v) is 4.31. The SMILES string of the molecule is c1nc2ccc(N3CCNC4(CCCC4)C3)cc2s1. The van der Waals surface area contributed by atoms with Gasteiger partial charge in [-0.25, -0.2) is 4.98 Å². The molecule has 19 heavy (non-hydrogen) atoms. The molecule has 0 radical (unpaired) electrons. The number of hydrogen-bond acceptors (Lipinski definition) is 4. The van der Waals surface area contributed by atoms with E-state index in [-0.39, 0.29) is 0 Å². The minimum absolute atomic E-state index is 0.390. The summed E-state index contributed by atoms with van der Waals surface area (Å²) >= 11 is 1.74. The average Bonchev–Trinajstić information content (AvgIpc) is 3.07. The summed E-state index contributed by atoms with van der Waals surface area (Å²) in [6.07, 6.45) is 5.45. The zero-order valence-corrected chi connectivity index (χ0v) is 11.9. The van der Waals surface area contributed by atoms with Gasteiger partial charge >= 0.3 is 0 Å². The smallest absolute Gasteiger partial charge is 0.0813 e. The van der Waals surface area contributed by atoms with Crippen LogP contribution < -0.4 is 10.2 Å². The van der Waals surface area contributed by atoms with Gasteiger partial charge in [-0.3, -0.25) is 0 Å². The minimum atomic E-state index is 0.390. The van der Waals surface area contributed by atoms with Gasteiger partial charge in [-0.2, -0.15) is 0 Å². The summed E-state index contributed by atoms with van der Waals surface area (Å²) in [5.74, 6) is 0. The monoisotopic (exact) mass is 273 g/mol. The molecule has 100 valence electrons. The molecule has 1 saturated heterocycles. The predicted molar refractivity (Wildman–Crippen MR) is 81.0 cm³/mol. The average molecular weight is 273 g/mol. The van der Waals surface area contributed by atoms with Crippen LogP contribution in [0.15, 0.2) is 23.7 Å². The maximum Gasteiger partial charge on any atom is 0.0813 e. The third-order valence-electron chi connectivity index (χ3n) is 4.62. The lowest BCUT2D eigenvalue weighted by molar-refractivity contribution is 0.304. The fourth-order valence-electron chi connectivity index (χ4n) is 3.60. The fraction of sp³-hybridized carbons (Fsp3) is 0.533. The van der Waals surface area contributed by atoms with E-state index in [0.717, 1.165) is 25.2 Å². The summed E-state index contributed by atoms with van der Waals surface area (Å²) in [5, 5.41) is 3.77. The Morgan fingerprint density at radius 3 is 3.05 bits per heavy atom. The van der Waals surface area contributed by atoms with Crippen molar-refractivity contribution in [3.05, 3.63) is 23.7 Å². The normalized spacial score (nSPS) is 22.4. The summed E-state index contributed by atoms with van der Waals surface area (Å²) in [7, 11) is 0. The Bertz CT molecular complexity index is 586. The highest BCUT2D eigenvalue weighted by molar-refractivity contribution is 7.16. The van der Waals surface area contributed by atoms with Crippen LogP contribution in [0.25, 0.3) is 10.2 Å². The molecule has 3 nitrogen and oxygen atoms in total. The number of piperazine rings is 1. The maximum absolute atomic E-state index is 4.36. The molecule has 2 heterocycles. The molecule has 4 heteroatoms. The summed E-state index contributed by atoms with van der Waals surface area (Å²) in [6.45, 7) is 3.39. The molecule has 2 fully saturated rings. The number of nitrogens with one attached hydrogen (secondary N) is 1. The summed E-state index contributed by atoms with van der Waals surface area (Å²) in [4.78, 5) is 6.92. The van der Waals surface area contributed by atoms with Gasteiger partial charge in [-0.05, 0) is 31.0 Å². The highest BCUT2D eigenvalue weighted by Crippen LogP contribution is 2.34. The third kappa shape index (κ3) is 2.03. The first-order valence-corrected chi connectivity index (χ1v) is 8.06. The molecule has 1 spiro atoms. The lowest BCUT2D eigenvalue weighted by Crippen LogP contribution is -2.59. The van der Waals surface area contributed by atoms with Crippen LogP contribution in [0.5, 0.6) is 0 Å². The third-order valence-corrected chi connectivity index (χ3v) is 5.41. The number of thiazole rings is 1. The van der Waals surface area contributed by atoms with E-state index >= 15 is 0 Å². The number of aromatic nitrogens is 1. The highest BCUT2D eigenvalue weighted by Gasteiger charge is 2.37. The second kappa shape index (κ2) is 4.46. The quantitative estimate of drug-likeness (QED) is 0.865. The number of fused-ring (bicyclic) bond motifs is 1. The first-order valence-electron chi connectivity index (χ1n) is 7.18. The zero-order valence-electron chi connectivity index (χ0n) is 11.1. The van der Waals surface area contributed by atoms with Crippen molar-refractivity contribution in [1.82, 2.24) is 10.3 Å². The van der Waals surface area contributed by atoms with Crippen molar-refractivity contribution in [3.63, 3.8) is 0 Å². The molecule has 1 aliphatic heterocycles. The number of anilines is 1. The van der Waals surface area contributed by atoms with E-state index in [2.05, 4.69) is 33.4 Å². The number of rotatable bonds is 1. The second-order valence-corrected chi connectivity index (χ2v) is 6.73. The van der Waals surface area contributed by atoms with Crippen molar-refractivity contribution >= 4 is 27.2 Å². The lowest BCUT2D eigenvalue weighted by Gasteiger charge is -2.42. The van der Waals surface area contributed by atoms with Crippen molar-refractivity contribution in [3.8, 4) is 0 Å². The van der Waals surface area contributed by atoms with E-state index in [0.29, 0.717) is 5.54 Å². The van der Waals surface area contributed by atoms with Crippen LogP contribution in [-0.4, -0.2) is 30.2 Å². The molecular weight excluding hydrogens is 254 g/mol. The lowest BCUT2D eigenvalue weighted by atomic mass is 9.94. The van der Waals surface area contributed by atoms with Gasteiger partial charge in [-0.15, -0.1) is 11.3 Å². The number of benzene rings is 1. The molecule has 1 aliphatic carbocycles.